The third-order valence-corrected chi connectivity index (χ3v) is 5.64. The van der Waals surface area contributed by atoms with E-state index in [2.05, 4.69) is 41.0 Å². The van der Waals surface area contributed by atoms with Crippen molar-refractivity contribution in [2.24, 2.45) is 7.05 Å². The van der Waals surface area contributed by atoms with Crippen LogP contribution in [0.25, 0.3) is 32.6 Å². The van der Waals surface area contributed by atoms with Crippen LogP contribution in [0.2, 0.25) is 0 Å². The third kappa shape index (κ3) is 2.92. The molecular formula is C23H25N3O2. The number of nitrogens with one attached hydrogen (secondary N) is 1. The number of pyridine rings is 1. The molecule has 144 valence electrons. The lowest BCUT2D eigenvalue weighted by Crippen LogP contribution is -2.39. The first-order chi connectivity index (χ1) is 13.3. The number of hydrogen-bond donors (Lipinski definition) is 1. The Bertz CT molecular complexity index is 1220. The van der Waals surface area contributed by atoms with Gasteiger partial charge < -0.3 is 14.6 Å². The molecule has 4 rings (SSSR count). The zero-order valence-corrected chi connectivity index (χ0v) is 17.0. The summed E-state index contributed by atoms with van der Waals surface area (Å²) in [6.45, 7) is 6.49. The summed E-state index contributed by atoms with van der Waals surface area (Å²) < 4.78 is 7.59. The van der Waals surface area contributed by atoms with Crippen molar-refractivity contribution in [3.63, 3.8) is 0 Å². The molecule has 1 N–H and O–H groups in total. The Morgan fingerprint density at radius 2 is 1.96 bits per heavy atom. The van der Waals surface area contributed by atoms with Crippen molar-refractivity contribution < 1.29 is 9.53 Å². The first-order valence-corrected chi connectivity index (χ1v) is 9.41. The van der Waals surface area contributed by atoms with Crippen LogP contribution in [0.15, 0.2) is 42.7 Å². The number of fused-ring (bicyclic) bond motifs is 4. The lowest BCUT2D eigenvalue weighted by Gasteiger charge is -2.23. The number of methoxy groups -OCH3 is 1. The molecule has 2 aromatic heterocycles. The van der Waals surface area contributed by atoms with E-state index < -0.39 is 5.60 Å². The number of benzene rings is 2. The van der Waals surface area contributed by atoms with Gasteiger partial charge in [-0.3, -0.25) is 9.78 Å². The van der Waals surface area contributed by atoms with Crippen molar-refractivity contribution in [3.05, 3.63) is 53.9 Å². The van der Waals surface area contributed by atoms with E-state index in [9.17, 15) is 4.79 Å². The van der Waals surface area contributed by atoms with Crippen LogP contribution in [0.4, 0.5) is 0 Å². The summed E-state index contributed by atoms with van der Waals surface area (Å²) in [6.07, 6.45) is 3.72. The van der Waals surface area contributed by atoms with Crippen LogP contribution in [-0.2, 0) is 11.8 Å². The zero-order valence-electron chi connectivity index (χ0n) is 17.0. The van der Waals surface area contributed by atoms with Gasteiger partial charge in [0.15, 0.2) is 0 Å². The van der Waals surface area contributed by atoms with Gasteiger partial charge >= 0.3 is 0 Å². The van der Waals surface area contributed by atoms with E-state index in [0.29, 0.717) is 12.1 Å². The highest BCUT2D eigenvalue weighted by Crippen LogP contribution is 2.35. The Balaban J connectivity index is 1.85. The lowest BCUT2D eigenvalue weighted by atomic mass is 10.0. The molecule has 0 aliphatic heterocycles. The van der Waals surface area contributed by atoms with Gasteiger partial charge in [0.05, 0.1) is 11.1 Å². The van der Waals surface area contributed by atoms with E-state index in [-0.39, 0.29) is 5.91 Å². The number of aromatic nitrogens is 2. The fraction of sp³-hybridized carbons (Fsp3) is 0.304. The molecule has 1 amide bonds. The first-order valence-electron chi connectivity index (χ1n) is 9.41. The van der Waals surface area contributed by atoms with Gasteiger partial charge in [-0.1, -0.05) is 0 Å². The zero-order chi connectivity index (χ0) is 20.1. The summed E-state index contributed by atoms with van der Waals surface area (Å²) >= 11 is 0. The van der Waals surface area contributed by atoms with Gasteiger partial charge in [0, 0.05) is 60.3 Å². The van der Waals surface area contributed by atoms with Crippen LogP contribution in [-0.4, -0.2) is 34.7 Å². The first kappa shape index (κ1) is 18.4. The summed E-state index contributed by atoms with van der Waals surface area (Å²) in [4.78, 5) is 17.0. The van der Waals surface area contributed by atoms with Crippen LogP contribution < -0.4 is 5.32 Å². The fourth-order valence-electron chi connectivity index (χ4n) is 3.83. The van der Waals surface area contributed by atoms with E-state index in [0.717, 1.165) is 21.7 Å². The molecule has 0 saturated heterocycles. The topological polar surface area (TPSA) is 56.1 Å². The second kappa shape index (κ2) is 6.60. The van der Waals surface area contributed by atoms with Gasteiger partial charge in [0.1, 0.15) is 0 Å². The maximum atomic E-state index is 12.7. The molecule has 2 aromatic carbocycles. The normalized spacial score (nSPS) is 12.2. The van der Waals surface area contributed by atoms with Crippen molar-refractivity contribution in [2.45, 2.75) is 26.4 Å². The van der Waals surface area contributed by atoms with E-state index in [4.69, 9.17) is 4.74 Å². The standard InChI is InChI=1S/C23H25N3O2/c1-14-17-8-9-24-12-16(17)11-19-18-10-15(6-7-20(18)26(4)21(14)19)22(27)25-13-23(2,3)28-5/h6-12H,13H2,1-5H3,(H,25,27). The molecule has 4 aromatic rings. The highest BCUT2D eigenvalue weighted by Gasteiger charge is 2.19. The summed E-state index contributed by atoms with van der Waals surface area (Å²) in [6, 6.07) is 10.1. The molecule has 0 atom stereocenters. The van der Waals surface area contributed by atoms with Gasteiger partial charge in [-0.15, -0.1) is 0 Å². The molecule has 0 bridgehead atoms. The summed E-state index contributed by atoms with van der Waals surface area (Å²) in [5.41, 5.74) is 3.77. The molecule has 0 unspecified atom stereocenters. The Hall–Kier alpha value is -2.92. The number of ether oxygens (including phenoxy) is 1. The second-order valence-corrected chi connectivity index (χ2v) is 7.93. The SMILES string of the molecule is COC(C)(C)CNC(=O)c1ccc2c(c1)c1cc3cnccc3c(C)c1n2C. The predicted molar refractivity (Wildman–Crippen MR) is 114 cm³/mol. The quantitative estimate of drug-likeness (QED) is 0.577. The van der Waals surface area contributed by atoms with Gasteiger partial charge in [-0.05, 0) is 62.1 Å². The van der Waals surface area contributed by atoms with E-state index >= 15 is 0 Å². The van der Waals surface area contributed by atoms with Gasteiger partial charge in [-0.25, -0.2) is 0 Å². The molecule has 0 radical (unpaired) electrons. The van der Waals surface area contributed by atoms with Gasteiger partial charge in [0.2, 0.25) is 0 Å². The number of carbonyl (C=O) groups excluding carboxylic acids is 1. The average molecular weight is 375 g/mol. The number of rotatable bonds is 4. The van der Waals surface area contributed by atoms with Crippen molar-refractivity contribution in [1.29, 1.82) is 0 Å². The average Bonchev–Trinajstić information content (AvgIpc) is 2.98. The minimum atomic E-state index is -0.401. The number of carbonyl (C=O) groups is 1. The number of hydrogen-bond acceptors (Lipinski definition) is 3. The molecule has 5 heteroatoms. The number of nitrogens with zero attached hydrogens (tertiary/aromatic N) is 2. The summed E-state index contributed by atoms with van der Waals surface area (Å²) in [5.74, 6) is -0.0943. The molecule has 0 aliphatic carbocycles. The predicted octanol–water partition coefficient (Wildman–Crippen LogP) is 4.34. The molecular weight excluding hydrogens is 350 g/mol. The highest BCUT2D eigenvalue weighted by atomic mass is 16.5. The highest BCUT2D eigenvalue weighted by molar-refractivity contribution is 6.15. The molecule has 28 heavy (non-hydrogen) atoms. The molecule has 2 heterocycles. The second-order valence-electron chi connectivity index (χ2n) is 7.93. The summed E-state index contributed by atoms with van der Waals surface area (Å²) in [7, 11) is 3.72. The molecule has 5 nitrogen and oxygen atoms in total. The van der Waals surface area contributed by atoms with Gasteiger partial charge in [-0.2, -0.15) is 0 Å². The Labute approximate surface area is 164 Å². The smallest absolute Gasteiger partial charge is 0.251 e. The largest absolute Gasteiger partial charge is 0.377 e. The molecule has 0 aliphatic rings. The number of amides is 1. The maximum Gasteiger partial charge on any atom is 0.251 e. The van der Waals surface area contributed by atoms with E-state index in [1.54, 1.807) is 7.11 Å². The van der Waals surface area contributed by atoms with Crippen molar-refractivity contribution in [3.8, 4) is 0 Å². The van der Waals surface area contributed by atoms with Crippen LogP contribution in [0.3, 0.4) is 0 Å². The molecule has 0 fully saturated rings. The van der Waals surface area contributed by atoms with Crippen molar-refractivity contribution in [2.75, 3.05) is 13.7 Å². The van der Waals surface area contributed by atoms with Gasteiger partial charge in [0.25, 0.3) is 5.91 Å². The fourth-order valence-corrected chi connectivity index (χ4v) is 3.83. The monoisotopic (exact) mass is 375 g/mol. The Morgan fingerprint density at radius 1 is 1.18 bits per heavy atom. The van der Waals surface area contributed by atoms with Crippen LogP contribution >= 0.6 is 0 Å². The Morgan fingerprint density at radius 3 is 2.71 bits per heavy atom. The van der Waals surface area contributed by atoms with Crippen LogP contribution in [0.5, 0.6) is 0 Å². The molecule has 0 saturated carbocycles. The summed E-state index contributed by atoms with van der Waals surface area (Å²) in [5, 5.41) is 7.50. The Kier molecular flexibility index (Phi) is 4.35. The minimum Gasteiger partial charge on any atom is -0.377 e. The van der Waals surface area contributed by atoms with Crippen LogP contribution in [0, 0.1) is 6.92 Å². The van der Waals surface area contributed by atoms with Crippen LogP contribution in [0.1, 0.15) is 29.8 Å². The minimum absolute atomic E-state index is 0.0943. The maximum absolute atomic E-state index is 12.7. The van der Waals surface area contributed by atoms with E-state index in [1.165, 1.54) is 16.5 Å². The van der Waals surface area contributed by atoms with E-state index in [1.807, 2.05) is 44.4 Å². The molecule has 0 spiro atoms. The van der Waals surface area contributed by atoms with Crippen molar-refractivity contribution in [1.82, 2.24) is 14.9 Å². The van der Waals surface area contributed by atoms with Crippen molar-refractivity contribution >= 4 is 38.5 Å². The third-order valence-electron chi connectivity index (χ3n) is 5.64. The lowest BCUT2D eigenvalue weighted by molar-refractivity contribution is 0.0229. The number of aryl methyl sites for hydroxylation is 2.